The van der Waals surface area contributed by atoms with Gasteiger partial charge in [0.1, 0.15) is 5.82 Å². The van der Waals surface area contributed by atoms with Gasteiger partial charge in [0, 0.05) is 18.7 Å². The van der Waals surface area contributed by atoms with Gasteiger partial charge in [-0.15, -0.1) is 0 Å². The molecule has 0 aliphatic rings. The van der Waals surface area contributed by atoms with Gasteiger partial charge in [0.25, 0.3) is 11.5 Å². The van der Waals surface area contributed by atoms with Gasteiger partial charge in [0.05, 0.1) is 6.54 Å². The summed E-state index contributed by atoms with van der Waals surface area (Å²) >= 11 is 0. The van der Waals surface area contributed by atoms with Crippen LogP contribution in [0.1, 0.15) is 30.9 Å². The lowest BCUT2D eigenvalue weighted by molar-refractivity contribution is -0.684. The average Bonchev–Trinajstić information content (AvgIpc) is 2.75. The first kappa shape index (κ1) is 22.0. The highest BCUT2D eigenvalue weighted by Crippen LogP contribution is 2.19. The van der Waals surface area contributed by atoms with Crippen molar-refractivity contribution in [3.05, 3.63) is 86.8 Å². The Morgan fingerprint density at radius 1 is 1.13 bits per heavy atom. The van der Waals surface area contributed by atoms with E-state index >= 15 is 0 Å². The van der Waals surface area contributed by atoms with Crippen molar-refractivity contribution in [2.75, 3.05) is 17.2 Å². The number of nitrogen functional groups attached to an aromatic ring is 1. The Hall–Kier alpha value is -3.68. The Kier molecular flexibility index (Phi) is 7.02. The number of nitrogens with one attached hydrogen (secondary N) is 1. The predicted molar refractivity (Wildman–Crippen MR) is 120 cm³/mol. The number of hydrogen-bond acceptors (Lipinski definition) is 4. The molecule has 0 aliphatic heterocycles. The summed E-state index contributed by atoms with van der Waals surface area (Å²) < 4.78 is 3.04. The Morgan fingerprint density at radius 2 is 1.81 bits per heavy atom. The van der Waals surface area contributed by atoms with Gasteiger partial charge in [-0.1, -0.05) is 43.7 Å². The SMILES string of the molecule is CCCCN(C(=O)C[n+]1ccc(C)cc1)c1c(N)n(Cc2ccccc2)c(=O)[nH]c1=O. The van der Waals surface area contributed by atoms with Crippen LogP contribution in [0.2, 0.25) is 0 Å². The Bertz CT molecular complexity index is 1150. The molecule has 0 spiro atoms. The van der Waals surface area contributed by atoms with E-state index in [2.05, 4.69) is 4.98 Å². The Morgan fingerprint density at radius 3 is 2.45 bits per heavy atom. The summed E-state index contributed by atoms with van der Waals surface area (Å²) in [5, 5.41) is 0. The lowest BCUT2D eigenvalue weighted by atomic mass is 10.2. The van der Waals surface area contributed by atoms with E-state index in [4.69, 9.17) is 5.73 Å². The second kappa shape index (κ2) is 9.88. The molecule has 162 valence electrons. The number of rotatable bonds is 8. The fraction of sp³-hybridized carbons (Fsp3) is 0.304. The minimum absolute atomic E-state index is 0.0155. The molecule has 0 bridgehead atoms. The van der Waals surface area contributed by atoms with Gasteiger partial charge in [-0.05, 0) is 24.5 Å². The van der Waals surface area contributed by atoms with Crippen LogP contribution in [0.15, 0.2) is 64.4 Å². The Balaban J connectivity index is 2.00. The number of benzene rings is 1. The first-order chi connectivity index (χ1) is 14.9. The van der Waals surface area contributed by atoms with E-state index in [1.54, 1.807) is 4.57 Å². The number of pyridine rings is 1. The zero-order valence-corrected chi connectivity index (χ0v) is 17.9. The second-order valence-corrected chi connectivity index (χ2v) is 7.51. The van der Waals surface area contributed by atoms with E-state index in [-0.39, 0.29) is 30.5 Å². The number of hydrogen-bond donors (Lipinski definition) is 2. The normalized spacial score (nSPS) is 10.8. The number of nitrogens with two attached hydrogens (primary N) is 1. The molecule has 8 heteroatoms. The predicted octanol–water partition coefficient (Wildman–Crippen LogP) is 1.60. The molecular weight excluding hydrogens is 394 g/mol. The van der Waals surface area contributed by atoms with E-state index in [1.807, 2.05) is 68.7 Å². The van der Waals surface area contributed by atoms with Gasteiger partial charge in [0.15, 0.2) is 18.1 Å². The highest BCUT2D eigenvalue weighted by atomic mass is 16.2. The molecule has 0 saturated heterocycles. The first-order valence-electron chi connectivity index (χ1n) is 10.3. The van der Waals surface area contributed by atoms with Crippen molar-refractivity contribution < 1.29 is 9.36 Å². The maximum absolute atomic E-state index is 13.2. The minimum atomic E-state index is -0.662. The fourth-order valence-corrected chi connectivity index (χ4v) is 3.32. The van der Waals surface area contributed by atoms with Crippen molar-refractivity contribution in [2.45, 2.75) is 39.8 Å². The number of amides is 1. The molecule has 0 atom stereocenters. The summed E-state index contributed by atoms with van der Waals surface area (Å²) in [5.74, 6) is -0.291. The van der Waals surface area contributed by atoms with Gasteiger partial charge < -0.3 is 5.73 Å². The lowest BCUT2D eigenvalue weighted by Crippen LogP contribution is -2.48. The largest absolute Gasteiger partial charge is 0.383 e. The highest BCUT2D eigenvalue weighted by molar-refractivity contribution is 5.94. The number of unbranched alkanes of at least 4 members (excludes halogenated alkanes) is 1. The molecule has 2 aromatic heterocycles. The second-order valence-electron chi connectivity index (χ2n) is 7.51. The quantitative estimate of drug-likeness (QED) is 0.538. The highest BCUT2D eigenvalue weighted by Gasteiger charge is 2.26. The summed E-state index contributed by atoms with van der Waals surface area (Å²) in [6.45, 7) is 4.55. The van der Waals surface area contributed by atoms with Gasteiger partial charge in [-0.3, -0.25) is 24.0 Å². The monoisotopic (exact) mass is 422 g/mol. The van der Waals surface area contributed by atoms with E-state index < -0.39 is 11.2 Å². The number of H-pyrrole nitrogens is 1. The van der Waals surface area contributed by atoms with E-state index in [0.29, 0.717) is 13.0 Å². The third kappa shape index (κ3) is 5.28. The summed E-state index contributed by atoms with van der Waals surface area (Å²) in [6, 6.07) is 13.1. The van der Waals surface area contributed by atoms with Crippen LogP contribution in [0, 0.1) is 6.92 Å². The standard InChI is InChI=1S/C23H27N5O3/c1-3-4-12-27(19(29)16-26-13-10-17(2)11-14-26)20-21(24)28(23(31)25-22(20)30)15-18-8-6-5-7-9-18/h5-11,13-14H,3-4,12,15-16H2,1-2H3,(H2-,24,25,30,31)/p+1. The maximum atomic E-state index is 13.2. The zero-order chi connectivity index (χ0) is 22.4. The third-order valence-corrected chi connectivity index (χ3v) is 5.08. The number of anilines is 2. The number of nitrogens with zero attached hydrogens (tertiary/aromatic N) is 3. The number of aromatic amines is 1. The molecule has 0 saturated carbocycles. The zero-order valence-electron chi connectivity index (χ0n) is 17.9. The van der Waals surface area contributed by atoms with Crippen molar-refractivity contribution in [3.8, 4) is 0 Å². The average molecular weight is 423 g/mol. The molecular formula is C23H28N5O3+. The number of aromatic nitrogens is 3. The number of aryl methyl sites for hydroxylation is 1. The van der Waals surface area contributed by atoms with Crippen molar-refractivity contribution >= 4 is 17.4 Å². The van der Waals surface area contributed by atoms with Crippen LogP contribution >= 0.6 is 0 Å². The first-order valence-corrected chi connectivity index (χ1v) is 10.3. The van der Waals surface area contributed by atoms with E-state index in [9.17, 15) is 14.4 Å². The van der Waals surface area contributed by atoms with Gasteiger partial charge in [-0.2, -0.15) is 4.57 Å². The fourth-order valence-electron chi connectivity index (χ4n) is 3.32. The van der Waals surface area contributed by atoms with Crippen LogP contribution in [0.25, 0.3) is 0 Å². The summed E-state index contributed by atoms with van der Waals surface area (Å²) in [6.07, 6.45) is 5.16. The van der Waals surface area contributed by atoms with Crippen LogP contribution in [0.3, 0.4) is 0 Å². The van der Waals surface area contributed by atoms with Crippen LogP contribution in [-0.4, -0.2) is 22.0 Å². The van der Waals surface area contributed by atoms with E-state index in [1.165, 1.54) is 9.47 Å². The molecule has 0 radical (unpaired) electrons. The molecule has 31 heavy (non-hydrogen) atoms. The van der Waals surface area contributed by atoms with Crippen LogP contribution < -0.4 is 26.4 Å². The van der Waals surface area contributed by atoms with Crippen molar-refractivity contribution in [3.63, 3.8) is 0 Å². The van der Waals surface area contributed by atoms with Crippen LogP contribution in [0.4, 0.5) is 11.5 Å². The van der Waals surface area contributed by atoms with Crippen molar-refractivity contribution in [1.82, 2.24) is 9.55 Å². The molecule has 3 rings (SSSR count). The number of carbonyl (C=O) groups excluding carboxylic acids is 1. The molecule has 0 fully saturated rings. The molecule has 2 heterocycles. The maximum Gasteiger partial charge on any atom is 0.330 e. The summed E-state index contributed by atoms with van der Waals surface area (Å²) in [4.78, 5) is 42.1. The van der Waals surface area contributed by atoms with Gasteiger partial charge in [0.2, 0.25) is 6.54 Å². The molecule has 3 N–H and O–H groups in total. The van der Waals surface area contributed by atoms with Crippen molar-refractivity contribution in [2.24, 2.45) is 0 Å². The summed E-state index contributed by atoms with van der Waals surface area (Å²) in [7, 11) is 0. The molecule has 8 nitrogen and oxygen atoms in total. The molecule has 0 aliphatic carbocycles. The van der Waals surface area contributed by atoms with Gasteiger partial charge in [-0.25, -0.2) is 4.79 Å². The smallest absolute Gasteiger partial charge is 0.330 e. The van der Waals surface area contributed by atoms with Gasteiger partial charge >= 0.3 is 5.69 Å². The molecule has 1 aromatic carbocycles. The lowest BCUT2D eigenvalue weighted by Gasteiger charge is -2.23. The summed E-state index contributed by atoms with van der Waals surface area (Å²) in [5.41, 5.74) is 6.99. The van der Waals surface area contributed by atoms with E-state index in [0.717, 1.165) is 17.5 Å². The topological polar surface area (TPSA) is 105 Å². The minimum Gasteiger partial charge on any atom is -0.383 e. The molecule has 0 unspecified atom stereocenters. The molecule has 3 aromatic rings. The van der Waals surface area contributed by atoms with Crippen molar-refractivity contribution in [1.29, 1.82) is 0 Å². The third-order valence-electron chi connectivity index (χ3n) is 5.08. The number of carbonyl (C=O) groups is 1. The van der Waals surface area contributed by atoms with Crippen LogP contribution in [0.5, 0.6) is 0 Å². The Labute approximate surface area is 180 Å². The van der Waals surface area contributed by atoms with Crippen LogP contribution in [-0.2, 0) is 17.9 Å². The molecule has 1 amide bonds.